The van der Waals surface area contributed by atoms with Crippen LogP contribution in [0, 0.1) is 0 Å². The van der Waals surface area contributed by atoms with Crippen molar-refractivity contribution in [2.75, 3.05) is 11.5 Å². The molecule has 0 atom stereocenters. The molecular formula is C20H26N2. The van der Waals surface area contributed by atoms with Gasteiger partial charge in [0, 0.05) is 16.8 Å². The van der Waals surface area contributed by atoms with Crippen molar-refractivity contribution < 1.29 is 0 Å². The Morgan fingerprint density at radius 3 is 2.23 bits per heavy atom. The van der Waals surface area contributed by atoms with E-state index in [0.717, 1.165) is 30.6 Å². The van der Waals surface area contributed by atoms with Crippen LogP contribution in [0.4, 0.5) is 11.4 Å². The summed E-state index contributed by atoms with van der Waals surface area (Å²) in [4.78, 5) is 0. The number of benzene rings is 2. The first-order chi connectivity index (χ1) is 10.7. The van der Waals surface area contributed by atoms with E-state index in [4.69, 9.17) is 11.5 Å². The molecule has 2 aromatic carbocycles. The molecule has 22 heavy (non-hydrogen) atoms. The molecular weight excluding hydrogens is 268 g/mol. The third-order valence-corrected chi connectivity index (χ3v) is 5.22. The van der Waals surface area contributed by atoms with Crippen molar-refractivity contribution in [2.24, 2.45) is 0 Å². The predicted octanol–water partition coefficient (Wildman–Crippen LogP) is 4.66. The van der Waals surface area contributed by atoms with E-state index in [1.54, 1.807) is 0 Å². The van der Waals surface area contributed by atoms with Gasteiger partial charge in [-0.25, -0.2) is 0 Å². The van der Waals surface area contributed by atoms with Gasteiger partial charge < -0.3 is 11.5 Å². The number of aryl methyl sites for hydroxylation is 1. The molecule has 3 rings (SSSR count). The first kappa shape index (κ1) is 15.0. The normalized spacial score (nSPS) is 17.3. The van der Waals surface area contributed by atoms with Gasteiger partial charge in [0.05, 0.1) is 0 Å². The summed E-state index contributed by atoms with van der Waals surface area (Å²) < 4.78 is 0. The van der Waals surface area contributed by atoms with E-state index >= 15 is 0 Å². The lowest BCUT2D eigenvalue weighted by atomic mass is 9.64. The highest BCUT2D eigenvalue weighted by atomic mass is 14.6. The van der Waals surface area contributed by atoms with Crippen molar-refractivity contribution in [1.29, 1.82) is 0 Å². The molecule has 0 saturated heterocycles. The fraction of sp³-hybridized carbons (Fsp3) is 0.400. The predicted molar refractivity (Wildman–Crippen MR) is 95.0 cm³/mol. The molecule has 1 aliphatic rings. The lowest BCUT2D eigenvalue weighted by Gasteiger charge is -2.40. The Balaban J connectivity index is 2.21. The minimum atomic E-state index is -0.0150. The zero-order chi connectivity index (χ0) is 15.6. The van der Waals surface area contributed by atoms with Crippen molar-refractivity contribution >= 4 is 11.4 Å². The van der Waals surface area contributed by atoms with Crippen molar-refractivity contribution in [1.82, 2.24) is 0 Å². The fourth-order valence-corrected chi connectivity index (χ4v) is 4.01. The molecule has 0 radical (unpaired) electrons. The molecule has 0 amide bonds. The molecule has 0 aliphatic heterocycles. The van der Waals surface area contributed by atoms with Gasteiger partial charge in [0.1, 0.15) is 0 Å². The van der Waals surface area contributed by atoms with E-state index < -0.39 is 0 Å². The molecule has 4 N–H and O–H groups in total. The second kappa shape index (κ2) is 6.04. The molecule has 2 heteroatoms. The first-order valence-electron chi connectivity index (χ1n) is 8.41. The highest BCUT2D eigenvalue weighted by molar-refractivity contribution is 5.62. The van der Waals surface area contributed by atoms with E-state index in [1.807, 2.05) is 12.1 Å². The molecule has 116 valence electrons. The van der Waals surface area contributed by atoms with E-state index in [-0.39, 0.29) is 5.41 Å². The summed E-state index contributed by atoms with van der Waals surface area (Å²) >= 11 is 0. The van der Waals surface area contributed by atoms with Crippen LogP contribution in [0.3, 0.4) is 0 Å². The zero-order valence-corrected chi connectivity index (χ0v) is 13.4. The third-order valence-electron chi connectivity index (χ3n) is 5.22. The van der Waals surface area contributed by atoms with Gasteiger partial charge in [0.15, 0.2) is 0 Å². The maximum Gasteiger partial charge on any atom is 0.0355 e. The Morgan fingerprint density at radius 1 is 0.864 bits per heavy atom. The maximum atomic E-state index is 6.41. The van der Waals surface area contributed by atoms with Crippen LogP contribution in [-0.2, 0) is 11.8 Å². The van der Waals surface area contributed by atoms with Crippen LogP contribution in [0.2, 0.25) is 0 Å². The van der Waals surface area contributed by atoms with Crippen LogP contribution in [-0.4, -0.2) is 0 Å². The number of nitrogens with two attached hydrogens (primary N) is 2. The van der Waals surface area contributed by atoms with Gasteiger partial charge in [0.25, 0.3) is 0 Å². The van der Waals surface area contributed by atoms with Crippen molar-refractivity contribution in [3.05, 3.63) is 59.2 Å². The van der Waals surface area contributed by atoms with E-state index in [2.05, 4.69) is 37.3 Å². The standard InChI is InChI=1S/C20H26N2/c1-2-15-10-11-19(22)17(14-15)20(12-6-3-7-13-20)16-8-4-5-9-18(16)21/h4-5,8-11,14H,2-3,6-7,12-13,21-22H2,1H3. The minimum Gasteiger partial charge on any atom is -0.398 e. The Kier molecular flexibility index (Phi) is 4.10. The molecule has 2 aromatic rings. The van der Waals surface area contributed by atoms with Crippen molar-refractivity contribution in [3.63, 3.8) is 0 Å². The Hall–Kier alpha value is -1.96. The number of nitrogen functional groups attached to an aromatic ring is 2. The SMILES string of the molecule is CCc1ccc(N)c(C2(c3ccccc3N)CCCCC2)c1. The van der Waals surface area contributed by atoms with E-state index in [0.29, 0.717) is 0 Å². The summed E-state index contributed by atoms with van der Waals surface area (Å²) in [6.45, 7) is 2.19. The van der Waals surface area contributed by atoms with Crippen molar-refractivity contribution in [2.45, 2.75) is 50.9 Å². The average molecular weight is 294 g/mol. The number of rotatable bonds is 3. The second-order valence-electron chi connectivity index (χ2n) is 6.51. The molecule has 1 fully saturated rings. The van der Waals surface area contributed by atoms with Crippen LogP contribution >= 0.6 is 0 Å². The largest absolute Gasteiger partial charge is 0.398 e. The van der Waals surface area contributed by atoms with Gasteiger partial charge in [-0.2, -0.15) is 0 Å². The monoisotopic (exact) mass is 294 g/mol. The van der Waals surface area contributed by atoms with Gasteiger partial charge in [-0.3, -0.25) is 0 Å². The van der Waals surface area contributed by atoms with Crippen LogP contribution in [0.1, 0.15) is 55.7 Å². The van der Waals surface area contributed by atoms with E-state index in [1.165, 1.54) is 36.0 Å². The van der Waals surface area contributed by atoms with Crippen LogP contribution in [0.25, 0.3) is 0 Å². The molecule has 0 unspecified atom stereocenters. The summed E-state index contributed by atoms with van der Waals surface area (Å²) in [7, 11) is 0. The molecule has 0 bridgehead atoms. The van der Waals surface area contributed by atoms with Gasteiger partial charge in [-0.05, 0) is 48.1 Å². The average Bonchev–Trinajstić information content (AvgIpc) is 2.56. The molecule has 0 spiro atoms. The first-order valence-corrected chi connectivity index (χ1v) is 8.41. The number of anilines is 2. The lowest BCUT2D eigenvalue weighted by Crippen LogP contribution is -2.32. The molecule has 2 nitrogen and oxygen atoms in total. The third kappa shape index (κ3) is 2.47. The Labute approximate surface area is 133 Å². The number of hydrogen-bond donors (Lipinski definition) is 2. The van der Waals surface area contributed by atoms with Crippen molar-refractivity contribution in [3.8, 4) is 0 Å². The molecule has 0 aromatic heterocycles. The quantitative estimate of drug-likeness (QED) is 0.809. The summed E-state index contributed by atoms with van der Waals surface area (Å²) in [6.07, 6.45) is 7.10. The second-order valence-corrected chi connectivity index (χ2v) is 6.51. The zero-order valence-electron chi connectivity index (χ0n) is 13.4. The topological polar surface area (TPSA) is 52.0 Å². The summed E-state index contributed by atoms with van der Waals surface area (Å²) in [5.41, 5.74) is 18.4. The van der Waals surface area contributed by atoms with Gasteiger partial charge in [0.2, 0.25) is 0 Å². The molecule has 0 heterocycles. The molecule has 1 saturated carbocycles. The lowest BCUT2D eigenvalue weighted by molar-refractivity contribution is 0.348. The van der Waals surface area contributed by atoms with Gasteiger partial charge in [-0.1, -0.05) is 56.5 Å². The highest BCUT2D eigenvalue weighted by Crippen LogP contribution is 2.48. The number of para-hydroxylation sites is 1. The summed E-state index contributed by atoms with van der Waals surface area (Å²) in [5, 5.41) is 0. The smallest absolute Gasteiger partial charge is 0.0355 e. The van der Waals surface area contributed by atoms with Gasteiger partial charge in [-0.15, -0.1) is 0 Å². The van der Waals surface area contributed by atoms with Crippen LogP contribution in [0.15, 0.2) is 42.5 Å². The minimum absolute atomic E-state index is 0.0150. The maximum absolute atomic E-state index is 6.41. The van der Waals surface area contributed by atoms with Gasteiger partial charge >= 0.3 is 0 Å². The van der Waals surface area contributed by atoms with Crippen LogP contribution in [0.5, 0.6) is 0 Å². The van der Waals surface area contributed by atoms with Crippen LogP contribution < -0.4 is 11.5 Å². The summed E-state index contributed by atoms with van der Waals surface area (Å²) in [6, 6.07) is 14.9. The summed E-state index contributed by atoms with van der Waals surface area (Å²) in [5.74, 6) is 0. The Morgan fingerprint density at radius 2 is 1.55 bits per heavy atom. The number of hydrogen-bond acceptors (Lipinski definition) is 2. The highest BCUT2D eigenvalue weighted by Gasteiger charge is 2.38. The Bertz CT molecular complexity index is 655. The molecule has 1 aliphatic carbocycles. The van der Waals surface area contributed by atoms with E-state index in [9.17, 15) is 0 Å². The fourth-order valence-electron chi connectivity index (χ4n) is 4.01.